The first-order chi connectivity index (χ1) is 6.38. The summed E-state index contributed by atoms with van der Waals surface area (Å²) in [6.07, 6.45) is 3.18. The van der Waals surface area contributed by atoms with Gasteiger partial charge in [-0.3, -0.25) is 4.68 Å². The van der Waals surface area contributed by atoms with Crippen LogP contribution in [-0.4, -0.2) is 15.0 Å². The lowest BCUT2D eigenvalue weighted by Crippen LogP contribution is -2.10. The van der Waals surface area contributed by atoms with E-state index >= 15 is 0 Å². The number of rotatable bonds is 3. The van der Waals surface area contributed by atoms with Crippen LogP contribution in [0.3, 0.4) is 0 Å². The van der Waals surface area contributed by atoms with E-state index in [1.807, 2.05) is 4.68 Å². The minimum absolute atomic E-state index is 0.365. The molecule has 0 bridgehead atoms. The van der Waals surface area contributed by atoms with Gasteiger partial charge in [-0.2, -0.15) is 0 Å². The second-order valence-electron chi connectivity index (χ2n) is 5.37. The summed E-state index contributed by atoms with van der Waals surface area (Å²) >= 11 is 0. The van der Waals surface area contributed by atoms with Crippen molar-refractivity contribution in [2.45, 2.75) is 53.5 Å². The van der Waals surface area contributed by atoms with E-state index < -0.39 is 0 Å². The lowest BCUT2D eigenvalue weighted by atomic mass is 9.92. The van der Waals surface area contributed by atoms with Gasteiger partial charge in [0, 0.05) is 12.7 Å². The van der Waals surface area contributed by atoms with Gasteiger partial charge in [-0.05, 0) is 17.8 Å². The Morgan fingerprint density at radius 2 is 2.00 bits per heavy atom. The molecule has 0 N–H and O–H groups in total. The lowest BCUT2D eigenvalue weighted by Gasteiger charge is -2.17. The molecule has 1 heterocycles. The molecule has 1 aromatic heterocycles. The molecule has 0 unspecified atom stereocenters. The Morgan fingerprint density at radius 1 is 1.36 bits per heavy atom. The average Bonchev–Trinajstić information content (AvgIpc) is 2.47. The Hall–Kier alpha value is -0.860. The summed E-state index contributed by atoms with van der Waals surface area (Å²) in [5.74, 6) is 0.471. The smallest absolute Gasteiger partial charge is 0.0852 e. The van der Waals surface area contributed by atoms with Crippen molar-refractivity contribution in [2.75, 3.05) is 0 Å². The van der Waals surface area contributed by atoms with Crippen LogP contribution >= 0.6 is 0 Å². The Bertz CT molecular complexity index is 281. The Labute approximate surface area is 86.5 Å². The van der Waals surface area contributed by atoms with Gasteiger partial charge in [0.1, 0.15) is 0 Å². The van der Waals surface area contributed by atoms with E-state index in [-0.39, 0.29) is 0 Å². The number of hydrogen-bond donors (Lipinski definition) is 0. The Balaban J connectivity index is 2.52. The average molecular weight is 195 g/mol. The molecule has 0 aromatic carbocycles. The molecule has 3 nitrogen and oxygen atoms in total. The number of aromatic nitrogens is 3. The maximum absolute atomic E-state index is 4.13. The molecule has 80 valence electrons. The molecule has 0 aliphatic carbocycles. The SMILES string of the molecule is CC(C)c1cn(CCC(C)(C)C)nn1. The maximum Gasteiger partial charge on any atom is 0.0852 e. The van der Waals surface area contributed by atoms with Crippen molar-refractivity contribution in [3.63, 3.8) is 0 Å². The Morgan fingerprint density at radius 3 is 2.43 bits per heavy atom. The van der Waals surface area contributed by atoms with Crippen molar-refractivity contribution < 1.29 is 0 Å². The van der Waals surface area contributed by atoms with Crippen molar-refractivity contribution in [2.24, 2.45) is 5.41 Å². The largest absolute Gasteiger partial charge is 0.252 e. The predicted octanol–water partition coefficient (Wildman–Crippen LogP) is 2.84. The van der Waals surface area contributed by atoms with Gasteiger partial charge in [-0.25, -0.2) is 0 Å². The second kappa shape index (κ2) is 4.11. The van der Waals surface area contributed by atoms with Crippen LogP contribution in [0.1, 0.15) is 52.7 Å². The normalized spacial score (nSPS) is 12.4. The zero-order chi connectivity index (χ0) is 10.8. The topological polar surface area (TPSA) is 30.7 Å². The van der Waals surface area contributed by atoms with Gasteiger partial charge >= 0.3 is 0 Å². The minimum Gasteiger partial charge on any atom is -0.252 e. The van der Waals surface area contributed by atoms with E-state index in [0.29, 0.717) is 11.3 Å². The molecule has 0 atom stereocenters. The fourth-order valence-corrected chi connectivity index (χ4v) is 1.14. The molecule has 1 rings (SSSR count). The predicted molar refractivity (Wildman–Crippen MR) is 58.2 cm³/mol. The maximum atomic E-state index is 4.13. The van der Waals surface area contributed by atoms with E-state index in [1.54, 1.807) is 0 Å². The van der Waals surface area contributed by atoms with Gasteiger partial charge < -0.3 is 0 Å². The molecule has 1 aromatic rings. The molecule has 3 heteroatoms. The summed E-state index contributed by atoms with van der Waals surface area (Å²) in [6, 6.07) is 0. The van der Waals surface area contributed by atoms with Crippen LogP contribution in [-0.2, 0) is 6.54 Å². The molecule has 0 amide bonds. The summed E-state index contributed by atoms with van der Waals surface area (Å²) in [5.41, 5.74) is 1.45. The molecule has 0 aliphatic rings. The highest BCUT2D eigenvalue weighted by molar-refractivity contribution is 4.97. The third kappa shape index (κ3) is 3.48. The molecule has 0 radical (unpaired) electrons. The van der Waals surface area contributed by atoms with E-state index in [1.165, 1.54) is 0 Å². The lowest BCUT2D eigenvalue weighted by molar-refractivity contribution is 0.339. The van der Waals surface area contributed by atoms with Gasteiger partial charge in [0.15, 0.2) is 0 Å². The third-order valence-corrected chi connectivity index (χ3v) is 2.24. The van der Waals surface area contributed by atoms with E-state index in [9.17, 15) is 0 Å². The summed E-state index contributed by atoms with van der Waals surface area (Å²) in [6.45, 7) is 12.0. The van der Waals surface area contributed by atoms with Gasteiger partial charge in [0.2, 0.25) is 0 Å². The van der Waals surface area contributed by atoms with Crippen LogP contribution in [0.5, 0.6) is 0 Å². The van der Waals surface area contributed by atoms with Crippen LogP contribution in [0.15, 0.2) is 6.20 Å². The highest BCUT2D eigenvalue weighted by Gasteiger charge is 2.11. The summed E-state index contributed by atoms with van der Waals surface area (Å²) < 4.78 is 1.95. The number of aryl methyl sites for hydroxylation is 1. The zero-order valence-electron chi connectivity index (χ0n) is 9.91. The van der Waals surface area contributed by atoms with Crippen molar-refractivity contribution >= 4 is 0 Å². The van der Waals surface area contributed by atoms with Crippen LogP contribution in [0.4, 0.5) is 0 Å². The molecule has 0 saturated heterocycles. The summed E-state index contributed by atoms with van der Waals surface area (Å²) in [5, 5.41) is 8.24. The van der Waals surface area contributed by atoms with Crippen molar-refractivity contribution in [3.8, 4) is 0 Å². The van der Waals surface area contributed by atoms with Crippen molar-refractivity contribution in [3.05, 3.63) is 11.9 Å². The molecule has 0 spiro atoms. The van der Waals surface area contributed by atoms with Crippen LogP contribution in [0.25, 0.3) is 0 Å². The summed E-state index contributed by atoms with van der Waals surface area (Å²) in [4.78, 5) is 0. The van der Waals surface area contributed by atoms with Gasteiger partial charge in [-0.15, -0.1) is 5.10 Å². The standard InChI is InChI=1S/C11H21N3/c1-9(2)10-8-14(13-12-10)7-6-11(3,4)5/h8-9H,6-7H2,1-5H3. The quantitative estimate of drug-likeness (QED) is 0.742. The molecule has 14 heavy (non-hydrogen) atoms. The monoisotopic (exact) mass is 195 g/mol. The van der Waals surface area contributed by atoms with Gasteiger partial charge in [0.25, 0.3) is 0 Å². The first-order valence-corrected chi connectivity index (χ1v) is 5.28. The van der Waals surface area contributed by atoms with Crippen LogP contribution in [0, 0.1) is 5.41 Å². The molecule has 0 saturated carbocycles. The van der Waals surface area contributed by atoms with E-state index in [4.69, 9.17) is 0 Å². The molecular formula is C11H21N3. The van der Waals surface area contributed by atoms with Crippen LogP contribution < -0.4 is 0 Å². The molecular weight excluding hydrogens is 174 g/mol. The van der Waals surface area contributed by atoms with Gasteiger partial charge in [-0.1, -0.05) is 39.8 Å². The summed E-state index contributed by atoms with van der Waals surface area (Å²) in [7, 11) is 0. The van der Waals surface area contributed by atoms with Crippen LogP contribution in [0.2, 0.25) is 0 Å². The third-order valence-electron chi connectivity index (χ3n) is 2.24. The highest BCUT2D eigenvalue weighted by atomic mass is 15.4. The van der Waals surface area contributed by atoms with Crippen molar-refractivity contribution in [1.29, 1.82) is 0 Å². The fraction of sp³-hybridized carbons (Fsp3) is 0.818. The minimum atomic E-state index is 0.365. The second-order valence-corrected chi connectivity index (χ2v) is 5.37. The van der Waals surface area contributed by atoms with Gasteiger partial charge in [0.05, 0.1) is 5.69 Å². The molecule has 0 fully saturated rings. The van der Waals surface area contributed by atoms with E-state index in [2.05, 4.69) is 51.1 Å². The Kier molecular flexibility index (Phi) is 3.29. The zero-order valence-corrected chi connectivity index (χ0v) is 9.91. The van der Waals surface area contributed by atoms with Crippen molar-refractivity contribution in [1.82, 2.24) is 15.0 Å². The highest BCUT2D eigenvalue weighted by Crippen LogP contribution is 2.19. The first-order valence-electron chi connectivity index (χ1n) is 5.28. The first kappa shape index (κ1) is 11.2. The fourth-order valence-electron chi connectivity index (χ4n) is 1.14. The number of hydrogen-bond acceptors (Lipinski definition) is 2. The number of nitrogens with zero attached hydrogens (tertiary/aromatic N) is 3. The van der Waals surface area contributed by atoms with E-state index in [0.717, 1.165) is 18.7 Å². The molecule has 0 aliphatic heterocycles.